The molecule has 0 aromatic heterocycles. The van der Waals surface area contributed by atoms with Gasteiger partial charge in [-0.25, -0.2) is 13.6 Å². The number of hydrogen-bond donors (Lipinski definition) is 2. The molecule has 0 heterocycles. The first kappa shape index (κ1) is 15.6. The van der Waals surface area contributed by atoms with Gasteiger partial charge in [-0.05, 0) is 12.8 Å². The first-order valence-electron chi connectivity index (χ1n) is 5.42. The lowest BCUT2D eigenvalue weighted by atomic mass is 10.2. The molecule has 0 aromatic rings. The number of carboxylic acids is 1. The van der Waals surface area contributed by atoms with Crippen LogP contribution in [0.3, 0.4) is 0 Å². The fourth-order valence-electron chi connectivity index (χ4n) is 1.20. The minimum atomic E-state index is -2.54. The molecule has 17 heavy (non-hydrogen) atoms. The molecular weight excluding hydrogens is 234 g/mol. The second-order valence-corrected chi connectivity index (χ2v) is 3.71. The quantitative estimate of drug-likeness (QED) is 0.644. The number of hydrogen-bond acceptors (Lipinski definition) is 2. The Morgan fingerprint density at radius 3 is 2.47 bits per heavy atom. The molecule has 0 aliphatic rings. The van der Waals surface area contributed by atoms with E-state index in [1.165, 1.54) is 7.05 Å². The summed E-state index contributed by atoms with van der Waals surface area (Å²) in [5.74, 6) is -0.842. The number of urea groups is 1. The molecule has 0 aromatic carbocycles. The molecule has 0 bridgehead atoms. The number of halogens is 2. The van der Waals surface area contributed by atoms with Gasteiger partial charge in [0.15, 0.2) is 0 Å². The van der Waals surface area contributed by atoms with Crippen LogP contribution in [0.25, 0.3) is 0 Å². The lowest BCUT2D eigenvalue weighted by molar-refractivity contribution is -0.137. The summed E-state index contributed by atoms with van der Waals surface area (Å²) in [5, 5.41) is 10.8. The first-order chi connectivity index (χ1) is 7.93. The molecule has 0 atom stereocenters. The molecule has 0 aliphatic heterocycles. The molecule has 0 rings (SSSR count). The highest BCUT2D eigenvalue weighted by molar-refractivity contribution is 5.73. The summed E-state index contributed by atoms with van der Waals surface area (Å²) in [5.41, 5.74) is 0. The summed E-state index contributed by atoms with van der Waals surface area (Å²) in [7, 11) is 1.30. The zero-order valence-corrected chi connectivity index (χ0v) is 9.79. The van der Waals surface area contributed by atoms with E-state index in [-0.39, 0.29) is 6.42 Å². The Hall–Kier alpha value is -1.40. The molecule has 0 unspecified atom stereocenters. The number of alkyl halides is 2. The van der Waals surface area contributed by atoms with Crippen molar-refractivity contribution in [1.29, 1.82) is 0 Å². The van der Waals surface area contributed by atoms with Crippen molar-refractivity contribution in [1.82, 2.24) is 10.2 Å². The Morgan fingerprint density at radius 2 is 1.94 bits per heavy atom. The molecule has 0 saturated heterocycles. The second kappa shape index (κ2) is 8.72. The molecule has 100 valence electrons. The third kappa shape index (κ3) is 9.52. The summed E-state index contributed by atoms with van der Waals surface area (Å²) in [6, 6.07) is -0.538. The lowest BCUT2D eigenvalue weighted by Crippen LogP contribution is -2.40. The number of carboxylic acid groups (broad SMARTS) is 1. The van der Waals surface area contributed by atoms with Gasteiger partial charge in [-0.1, -0.05) is 6.42 Å². The smallest absolute Gasteiger partial charge is 0.317 e. The molecular formula is C10H18F2N2O3. The standard InChI is InChI=1S/C10H18F2N2O3/c1-14(7-8(11)12)10(17)13-6-4-2-3-5-9(15)16/h8H,2-7H2,1H3,(H,13,17)(H,15,16). The molecule has 0 fully saturated rings. The third-order valence-electron chi connectivity index (χ3n) is 2.10. The van der Waals surface area contributed by atoms with Crippen molar-refractivity contribution in [3.8, 4) is 0 Å². The largest absolute Gasteiger partial charge is 0.481 e. The maximum atomic E-state index is 11.9. The number of amides is 2. The van der Waals surface area contributed by atoms with Gasteiger partial charge in [0, 0.05) is 20.0 Å². The Bertz CT molecular complexity index is 250. The van der Waals surface area contributed by atoms with Crippen LogP contribution in [0.5, 0.6) is 0 Å². The van der Waals surface area contributed by atoms with Crippen LogP contribution in [0.4, 0.5) is 13.6 Å². The lowest BCUT2D eigenvalue weighted by Gasteiger charge is -2.17. The van der Waals surface area contributed by atoms with Gasteiger partial charge in [0.05, 0.1) is 6.54 Å². The molecule has 0 radical (unpaired) electrons. The Labute approximate surface area is 98.8 Å². The summed E-state index contributed by atoms with van der Waals surface area (Å²) < 4.78 is 23.9. The average Bonchev–Trinajstić information content (AvgIpc) is 2.21. The van der Waals surface area contributed by atoms with E-state index in [0.717, 1.165) is 4.90 Å². The van der Waals surface area contributed by atoms with Crippen LogP contribution < -0.4 is 5.32 Å². The molecule has 2 amide bonds. The number of nitrogens with one attached hydrogen (secondary N) is 1. The monoisotopic (exact) mass is 252 g/mol. The summed E-state index contributed by atoms with van der Waals surface area (Å²) in [6.07, 6.45) is -0.550. The number of rotatable bonds is 8. The highest BCUT2D eigenvalue weighted by atomic mass is 19.3. The number of aliphatic carboxylic acids is 1. The minimum absolute atomic E-state index is 0.110. The third-order valence-corrected chi connectivity index (χ3v) is 2.10. The minimum Gasteiger partial charge on any atom is -0.481 e. The Kier molecular flexibility index (Phi) is 8.00. The van der Waals surface area contributed by atoms with Crippen LogP contribution >= 0.6 is 0 Å². The van der Waals surface area contributed by atoms with Gasteiger partial charge in [-0.3, -0.25) is 4.79 Å². The van der Waals surface area contributed by atoms with E-state index in [4.69, 9.17) is 5.11 Å². The van der Waals surface area contributed by atoms with E-state index in [1.807, 2.05) is 0 Å². The number of nitrogens with zero attached hydrogens (tertiary/aromatic N) is 1. The van der Waals surface area contributed by atoms with E-state index in [9.17, 15) is 18.4 Å². The molecule has 5 nitrogen and oxygen atoms in total. The van der Waals surface area contributed by atoms with E-state index in [1.54, 1.807) is 0 Å². The van der Waals surface area contributed by atoms with Crippen LogP contribution in [0.2, 0.25) is 0 Å². The summed E-state index contributed by atoms with van der Waals surface area (Å²) in [4.78, 5) is 22.3. The molecule has 7 heteroatoms. The maximum Gasteiger partial charge on any atom is 0.317 e. The van der Waals surface area contributed by atoms with Gasteiger partial charge >= 0.3 is 12.0 Å². The van der Waals surface area contributed by atoms with Crippen LogP contribution in [0.1, 0.15) is 25.7 Å². The van der Waals surface area contributed by atoms with Gasteiger partial charge in [-0.2, -0.15) is 0 Å². The molecule has 0 aliphatic carbocycles. The summed E-state index contributed by atoms with van der Waals surface area (Å²) in [6.45, 7) is -0.225. The van der Waals surface area contributed by atoms with Crippen LogP contribution in [-0.2, 0) is 4.79 Å². The molecule has 0 spiro atoms. The fraction of sp³-hybridized carbons (Fsp3) is 0.800. The van der Waals surface area contributed by atoms with E-state index >= 15 is 0 Å². The van der Waals surface area contributed by atoms with Gasteiger partial charge < -0.3 is 15.3 Å². The second-order valence-electron chi connectivity index (χ2n) is 3.71. The number of carbonyl (C=O) groups excluding carboxylic acids is 1. The normalized spacial score (nSPS) is 10.4. The van der Waals surface area contributed by atoms with Crippen molar-refractivity contribution in [3.63, 3.8) is 0 Å². The van der Waals surface area contributed by atoms with Gasteiger partial charge in [0.2, 0.25) is 0 Å². The maximum absolute atomic E-state index is 11.9. The Balaban J connectivity index is 3.47. The fourth-order valence-corrected chi connectivity index (χ4v) is 1.20. The van der Waals surface area contributed by atoms with Crippen LogP contribution in [-0.4, -0.2) is 48.6 Å². The van der Waals surface area contributed by atoms with Crippen molar-refractivity contribution in [3.05, 3.63) is 0 Å². The van der Waals surface area contributed by atoms with Crippen molar-refractivity contribution < 1.29 is 23.5 Å². The average molecular weight is 252 g/mol. The van der Waals surface area contributed by atoms with Gasteiger partial charge in [0.25, 0.3) is 6.43 Å². The predicted molar refractivity (Wildman–Crippen MR) is 58.1 cm³/mol. The first-order valence-corrected chi connectivity index (χ1v) is 5.42. The highest BCUT2D eigenvalue weighted by Crippen LogP contribution is 1.99. The predicted octanol–water partition coefficient (Wildman–Crippen LogP) is 1.54. The topological polar surface area (TPSA) is 69.6 Å². The van der Waals surface area contributed by atoms with Crippen LogP contribution in [0.15, 0.2) is 0 Å². The molecule has 2 N–H and O–H groups in total. The SMILES string of the molecule is CN(CC(F)F)C(=O)NCCCCCC(=O)O. The zero-order valence-electron chi connectivity index (χ0n) is 9.79. The Morgan fingerprint density at radius 1 is 1.29 bits per heavy atom. The van der Waals surface area contributed by atoms with E-state index in [2.05, 4.69) is 5.32 Å². The zero-order chi connectivity index (χ0) is 13.3. The van der Waals surface area contributed by atoms with Crippen molar-refractivity contribution in [2.45, 2.75) is 32.1 Å². The van der Waals surface area contributed by atoms with Crippen molar-refractivity contribution in [2.75, 3.05) is 20.1 Å². The number of carbonyl (C=O) groups is 2. The van der Waals surface area contributed by atoms with Crippen LogP contribution in [0, 0.1) is 0 Å². The van der Waals surface area contributed by atoms with Crippen molar-refractivity contribution in [2.24, 2.45) is 0 Å². The van der Waals surface area contributed by atoms with E-state index in [0.29, 0.717) is 25.8 Å². The van der Waals surface area contributed by atoms with Crippen molar-refractivity contribution >= 4 is 12.0 Å². The molecule has 0 saturated carbocycles. The van der Waals surface area contributed by atoms with Gasteiger partial charge in [-0.15, -0.1) is 0 Å². The van der Waals surface area contributed by atoms with E-state index < -0.39 is 25.0 Å². The summed E-state index contributed by atoms with van der Waals surface area (Å²) >= 11 is 0. The number of unbranched alkanes of at least 4 members (excludes halogenated alkanes) is 2. The highest BCUT2D eigenvalue weighted by Gasteiger charge is 2.12. The van der Waals surface area contributed by atoms with Gasteiger partial charge in [0.1, 0.15) is 0 Å².